The molecule has 0 radical (unpaired) electrons. The summed E-state index contributed by atoms with van der Waals surface area (Å²) in [4.78, 5) is 29.3. The van der Waals surface area contributed by atoms with Crippen LogP contribution in [-0.4, -0.2) is 21.3 Å². The van der Waals surface area contributed by atoms with Crippen molar-refractivity contribution in [3.63, 3.8) is 0 Å². The number of pyridine rings is 1. The third kappa shape index (κ3) is 3.25. The summed E-state index contributed by atoms with van der Waals surface area (Å²) < 4.78 is 1.40. The molecule has 1 aliphatic carbocycles. The Bertz CT molecular complexity index is 973. The first-order valence-corrected chi connectivity index (χ1v) is 9.04. The topological polar surface area (TPSA) is 63.5 Å². The second-order valence-corrected chi connectivity index (χ2v) is 6.84. The van der Waals surface area contributed by atoms with Crippen LogP contribution in [0.3, 0.4) is 0 Å². The lowest BCUT2D eigenvalue weighted by molar-refractivity contribution is 0.0923. The zero-order valence-corrected chi connectivity index (χ0v) is 14.5. The average molecular weight is 347 g/mol. The van der Waals surface area contributed by atoms with Crippen molar-refractivity contribution in [2.24, 2.45) is 0 Å². The molecule has 1 fully saturated rings. The van der Waals surface area contributed by atoms with Gasteiger partial charge in [-0.1, -0.05) is 36.4 Å². The Morgan fingerprint density at radius 3 is 2.50 bits per heavy atom. The van der Waals surface area contributed by atoms with E-state index in [4.69, 9.17) is 0 Å². The van der Waals surface area contributed by atoms with E-state index < -0.39 is 0 Å². The lowest BCUT2D eigenvalue weighted by atomic mass is 9.82. The Kier molecular flexibility index (Phi) is 4.52. The zero-order valence-electron chi connectivity index (χ0n) is 14.5. The van der Waals surface area contributed by atoms with Crippen LogP contribution in [0.15, 0.2) is 65.7 Å². The fourth-order valence-electron chi connectivity index (χ4n) is 3.74. The Labute approximate surface area is 151 Å². The van der Waals surface area contributed by atoms with Gasteiger partial charge >= 0.3 is 0 Å². The minimum absolute atomic E-state index is 0.0962. The molecule has 1 N–H and O–H groups in total. The molecule has 2 aromatic heterocycles. The zero-order chi connectivity index (χ0) is 17.9. The van der Waals surface area contributed by atoms with Crippen LogP contribution < -0.4 is 10.9 Å². The highest BCUT2D eigenvalue weighted by Gasteiger charge is 2.24. The van der Waals surface area contributed by atoms with Crippen LogP contribution in [-0.2, 0) is 0 Å². The lowest BCUT2D eigenvalue weighted by Gasteiger charge is -2.29. The smallest absolute Gasteiger partial charge is 0.270 e. The molecule has 3 aromatic rings. The number of nitrogens with zero attached hydrogens (tertiary/aromatic N) is 2. The van der Waals surface area contributed by atoms with Crippen LogP contribution in [0.1, 0.15) is 47.5 Å². The SMILES string of the molecule is O=C(NC1CCC(c2ccccc2)CC1)c1cnc2ccccn2c1=O. The molecule has 0 aliphatic heterocycles. The number of fused-ring (bicyclic) bond motifs is 1. The molecule has 1 saturated carbocycles. The van der Waals surface area contributed by atoms with Crippen LogP contribution in [0.5, 0.6) is 0 Å². The predicted molar refractivity (Wildman–Crippen MR) is 100 cm³/mol. The molecule has 2 heterocycles. The molecule has 4 rings (SSSR count). The highest BCUT2D eigenvalue weighted by Crippen LogP contribution is 2.32. The number of amides is 1. The predicted octanol–water partition coefficient (Wildman–Crippen LogP) is 3.15. The van der Waals surface area contributed by atoms with E-state index in [-0.39, 0.29) is 23.1 Å². The van der Waals surface area contributed by atoms with E-state index in [0.29, 0.717) is 11.6 Å². The van der Waals surface area contributed by atoms with Crippen molar-refractivity contribution in [2.45, 2.75) is 37.6 Å². The maximum atomic E-state index is 12.6. The largest absolute Gasteiger partial charge is 0.349 e. The number of carbonyl (C=O) groups excluding carboxylic acids is 1. The monoisotopic (exact) mass is 347 g/mol. The number of aromatic nitrogens is 2. The summed E-state index contributed by atoms with van der Waals surface area (Å²) in [6.45, 7) is 0. The van der Waals surface area contributed by atoms with E-state index >= 15 is 0 Å². The molecule has 0 atom stereocenters. The van der Waals surface area contributed by atoms with E-state index in [9.17, 15) is 9.59 Å². The minimum atomic E-state index is -0.330. The van der Waals surface area contributed by atoms with Gasteiger partial charge in [-0.2, -0.15) is 0 Å². The standard InChI is InChI=1S/C21H21N3O2/c25-20(18-14-22-19-8-4-5-13-24(19)21(18)26)23-17-11-9-16(10-12-17)15-6-2-1-3-7-15/h1-8,13-14,16-17H,9-12H2,(H,23,25). The maximum absolute atomic E-state index is 12.6. The van der Waals surface area contributed by atoms with Gasteiger partial charge in [0.15, 0.2) is 0 Å². The number of benzene rings is 1. The Morgan fingerprint density at radius 2 is 1.73 bits per heavy atom. The van der Waals surface area contributed by atoms with Crippen LogP contribution in [0.2, 0.25) is 0 Å². The van der Waals surface area contributed by atoms with E-state index in [1.165, 1.54) is 16.2 Å². The molecule has 5 heteroatoms. The lowest BCUT2D eigenvalue weighted by Crippen LogP contribution is -2.40. The second kappa shape index (κ2) is 7.12. The summed E-state index contributed by atoms with van der Waals surface area (Å²) in [6, 6.07) is 15.9. The van der Waals surface area contributed by atoms with Gasteiger partial charge in [0.25, 0.3) is 11.5 Å². The molecule has 132 valence electrons. The number of hydrogen-bond acceptors (Lipinski definition) is 3. The quantitative estimate of drug-likeness (QED) is 0.792. The number of carbonyl (C=O) groups is 1. The van der Waals surface area contributed by atoms with Gasteiger partial charge in [-0.15, -0.1) is 0 Å². The molecule has 0 spiro atoms. The Morgan fingerprint density at radius 1 is 1.00 bits per heavy atom. The maximum Gasteiger partial charge on any atom is 0.270 e. The van der Waals surface area contributed by atoms with Gasteiger partial charge in [0.2, 0.25) is 0 Å². The molecule has 1 amide bonds. The first kappa shape index (κ1) is 16.5. The highest BCUT2D eigenvalue weighted by atomic mass is 16.2. The third-order valence-electron chi connectivity index (χ3n) is 5.19. The average Bonchev–Trinajstić information content (AvgIpc) is 2.69. The molecule has 26 heavy (non-hydrogen) atoms. The summed E-state index contributed by atoms with van der Waals surface area (Å²) in [7, 11) is 0. The van der Waals surface area contributed by atoms with E-state index in [0.717, 1.165) is 25.7 Å². The van der Waals surface area contributed by atoms with Crippen LogP contribution in [0, 0.1) is 0 Å². The number of rotatable bonds is 3. The molecular weight excluding hydrogens is 326 g/mol. The number of hydrogen-bond donors (Lipinski definition) is 1. The van der Waals surface area contributed by atoms with Crippen LogP contribution >= 0.6 is 0 Å². The van der Waals surface area contributed by atoms with Crippen molar-refractivity contribution in [1.82, 2.24) is 14.7 Å². The molecule has 1 aromatic carbocycles. The van der Waals surface area contributed by atoms with Gasteiger partial charge in [0.1, 0.15) is 11.2 Å². The highest BCUT2D eigenvalue weighted by molar-refractivity contribution is 5.93. The molecule has 0 unspecified atom stereocenters. The molecule has 0 bridgehead atoms. The summed E-state index contributed by atoms with van der Waals surface area (Å²) in [5, 5.41) is 3.02. The van der Waals surface area contributed by atoms with E-state index in [1.807, 2.05) is 12.1 Å². The van der Waals surface area contributed by atoms with E-state index in [2.05, 4.69) is 34.6 Å². The first-order valence-electron chi connectivity index (χ1n) is 9.04. The molecule has 5 nitrogen and oxygen atoms in total. The normalized spacial score (nSPS) is 20.0. The van der Waals surface area contributed by atoms with Gasteiger partial charge in [-0.3, -0.25) is 14.0 Å². The second-order valence-electron chi connectivity index (χ2n) is 6.84. The van der Waals surface area contributed by atoms with Crippen molar-refractivity contribution < 1.29 is 4.79 Å². The molecule has 0 saturated heterocycles. The van der Waals surface area contributed by atoms with Crippen molar-refractivity contribution in [3.8, 4) is 0 Å². The number of nitrogens with one attached hydrogen (secondary N) is 1. The summed E-state index contributed by atoms with van der Waals surface area (Å²) in [6.07, 6.45) is 6.95. The Balaban J connectivity index is 1.43. The Hall–Kier alpha value is -2.95. The van der Waals surface area contributed by atoms with Gasteiger partial charge in [0.05, 0.1) is 0 Å². The van der Waals surface area contributed by atoms with Crippen molar-refractivity contribution in [2.75, 3.05) is 0 Å². The summed E-state index contributed by atoms with van der Waals surface area (Å²) in [5.41, 5.74) is 1.68. The van der Waals surface area contributed by atoms with Gasteiger partial charge < -0.3 is 5.32 Å². The van der Waals surface area contributed by atoms with Crippen LogP contribution in [0.4, 0.5) is 0 Å². The fourth-order valence-corrected chi connectivity index (χ4v) is 3.74. The summed E-state index contributed by atoms with van der Waals surface area (Å²) in [5.74, 6) is 0.223. The van der Waals surface area contributed by atoms with Crippen molar-refractivity contribution in [3.05, 3.63) is 82.4 Å². The fraction of sp³-hybridized carbons (Fsp3) is 0.286. The molecule has 1 aliphatic rings. The van der Waals surface area contributed by atoms with Gasteiger partial charge in [-0.25, -0.2) is 4.98 Å². The van der Waals surface area contributed by atoms with Gasteiger partial charge in [0, 0.05) is 18.4 Å². The van der Waals surface area contributed by atoms with Crippen molar-refractivity contribution in [1.29, 1.82) is 0 Å². The van der Waals surface area contributed by atoms with Crippen LogP contribution in [0.25, 0.3) is 5.65 Å². The molecular formula is C21H21N3O2. The van der Waals surface area contributed by atoms with E-state index in [1.54, 1.807) is 18.3 Å². The first-order chi connectivity index (χ1) is 12.7. The third-order valence-corrected chi connectivity index (χ3v) is 5.19. The van der Waals surface area contributed by atoms with Gasteiger partial charge in [-0.05, 0) is 49.3 Å². The van der Waals surface area contributed by atoms with Crippen molar-refractivity contribution >= 4 is 11.6 Å². The minimum Gasteiger partial charge on any atom is -0.349 e. The summed E-state index contributed by atoms with van der Waals surface area (Å²) >= 11 is 0.